The van der Waals surface area contributed by atoms with Crippen molar-refractivity contribution >= 4 is 27.7 Å². The van der Waals surface area contributed by atoms with Crippen LogP contribution in [-0.2, 0) is 14.3 Å². The molecule has 0 aromatic heterocycles. The van der Waals surface area contributed by atoms with Crippen LogP contribution in [0.15, 0.2) is 11.6 Å². The summed E-state index contributed by atoms with van der Waals surface area (Å²) in [4.78, 5) is 24.1. The zero-order chi connectivity index (χ0) is 18.0. The molecule has 0 radical (unpaired) electrons. The van der Waals surface area contributed by atoms with E-state index < -0.39 is 0 Å². The molecule has 0 saturated heterocycles. The molecule has 0 unspecified atom stereocenters. The molecule has 3 fully saturated rings. The van der Waals surface area contributed by atoms with Crippen molar-refractivity contribution in [1.82, 2.24) is 0 Å². The summed E-state index contributed by atoms with van der Waals surface area (Å²) in [6.45, 7) is 6.16. The third kappa shape index (κ3) is 2.57. The lowest BCUT2D eigenvalue weighted by molar-refractivity contribution is -0.148. The summed E-state index contributed by atoms with van der Waals surface area (Å²) < 4.78 is 5.50. The number of ether oxygens (including phenoxy) is 1. The summed E-state index contributed by atoms with van der Waals surface area (Å²) in [6, 6.07) is 0. The van der Waals surface area contributed by atoms with E-state index in [0.29, 0.717) is 23.5 Å². The molecule has 0 heterocycles. The number of hydrogen-bond acceptors (Lipinski definition) is 3. The lowest BCUT2D eigenvalue weighted by atomic mass is 9.48. The molecule has 3 saturated carbocycles. The predicted molar refractivity (Wildman–Crippen MR) is 100 cm³/mol. The van der Waals surface area contributed by atoms with Gasteiger partial charge in [-0.15, -0.1) is 0 Å². The normalized spacial score (nSPS) is 48.9. The molecule has 0 spiro atoms. The fourth-order valence-electron chi connectivity index (χ4n) is 6.71. The first-order valence-electron chi connectivity index (χ1n) is 9.81. The monoisotopic (exact) mass is 408 g/mol. The van der Waals surface area contributed by atoms with Gasteiger partial charge in [-0.1, -0.05) is 41.4 Å². The highest BCUT2D eigenvalue weighted by Gasteiger charge is 2.60. The molecular weight excluding hydrogens is 380 g/mol. The third-order valence-electron chi connectivity index (χ3n) is 8.09. The SMILES string of the molecule is CC(=O)O[C@@H]1CC[C@@]2(C)C(=CC[C@H]3[C@H]4C[C@H](Br)C(=O)[C@]4(C)CC[C@H]32)C1. The molecule has 3 nitrogen and oxygen atoms in total. The number of Topliss-reactive ketones (excluding diaryl/α,β-unsaturated/α-hetero) is 1. The van der Waals surface area contributed by atoms with Crippen LogP contribution in [0.1, 0.15) is 65.7 Å². The van der Waals surface area contributed by atoms with Crippen LogP contribution in [-0.4, -0.2) is 22.7 Å². The van der Waals surface area contributed by atoms with Gasteiger partial charge in [0.2, 0.25) is 0 Å². The van der Waals surface area contributed by atoms with Crippen LogP contribution in [0.25, 0.3) is 0 Å². The average Bonchev–Trinajstić information content (AvgIpc) is 2.78. The number of carbonyl (C=O) groups excluding carboxylic acids is 2. The molecule has 7 atom stereocenters. The fourth-order valence-corrected chi connectivity index (χ4v) is 7.64. The fraction of sp³-hybridized carbons (Fsp3) is 0.810. The third-order valence-corrected chi connectivity index (χ3v) is 8.88. The lowest BCUT2D eigenvalue weighted by Crippen LogP contribution is -2.50. The molecule has 4 rings (SSSR count). The molecule has 0 aliphatic heterocycles. The van der Waals surface area contributed by atoms with Crippen molar-refractivity contribution in [1.29, 1.82) is 0 Å². The van der Waals surface area contributed by atoms with Gasteiger partial charge >= 0.3 is 5.97 Å². The van der Waals surface area contributed by atoms with Crippen molar-refractivity contribution in [3.63, 3.8) is 0 Å². The molecule has 0 aromatic rings. The van der Waals surface area contributed by atoms with E-state index in [0.717, 1.165) is 44.9 Å². The van der Waals surface area contributed by atoms with Crippen LogP contribution < -0.4 is 0 Å². The number of fused-ring (bicyclic) bond motifs is 5. The Morgan fingerprint density at radius 1 is 1.20 bits per heavy atom. The van der Waals surface area contributed by atoms with Gasteiger partial charge in [0.1, 0.15) is 6.10 Å². The van der Waals surface area contributed by atoms with Crippen molar-refractivity contribution in [2.24, 2.45) is 28.6 Å². The molecule has 0 aromatic carbocycles. The summed E-state index contributed by atoms with van der Waals surface area (Å²) in [5.41, 5.74) is 1.62. The van der Waals surface area contributed by atoms with E-state index >= 15 is 0 Å². The summed E-state index contributed by atoms with van der Waals surface area (Å²) >= 11 is 3.65. The van der Waals surface area contributed by atoms with Gasteiger partial charge in [-0.3, -0.25) is 9.59 Å². The van der Waals surface area contributed by atoms with Crippen molar-refractivity contribution in [2.45, 2.75) is 76.6 Å². The summed E-state index contributed by atoms with van der Waals surface area (Å²) in [5.74, 6) is 2.10. The van der Waals surface area contributed by atoms with E-state index in [2.05, 4.69) is 35.9 Å². The van der Waals surface area contributed by atoms with Crippen LogP contribution in [0.2, 0.25) is 0 Å². The Morgan fingerprint density at radius 3 is 2.64 bits per heavy atom. The van der Waals surface area contributed by atoms with Crippen LogP contribution in [0.5, 0.6) is 0 Å². The Hall–Kier alpha value is -0.640. The van der Waals surface area contributed by atoms with E-state index in [4.69, 9.17) is 4.74 Å². The highest BCUT2D eigenvalue weighted by atomic mass is 79.9. The van der Waals surface area contributed by atoms with Gasteiger partial charge in [0.15, 0.2) is 5.78 Å². The van der Waals surface area contributed by atoms with Gasteiger partial charge in [0.25, 0.3) is 0 Å². The number of hydrogen-bond donors (Lipinski definition) is 0. The smallest absolute Gasteiger partial charge is 0.302 e. The van der Waals surface area contributed by atoms with Crippen molar-refractivity contribution in [2.75, 3.05) is 0 Å². The highest BCUT2D eigenvalue weighted by Crippen LogP contribution is 2.64. The van der Waals surface area contributed by atoms with Gasteiger partial charge in [0, 0.05) is 18.8 Å². The number of ketones is 1. The van der Waals surface area contributed by atoms with Crippen LogP contribution in [0.4, 0.5) is 0 Å². The first-order valence-corrected chi connectivity index (χ1v) is 10.7. The number of halogens is 1. The van der Waals surface area contributed by atoms with Crippen molar-refractivity contribution in [3.05, 3.63) is 11.6 Å². The molecule has 4 aliphatic carbocycles. The zero-order valence-electron chi connectivity index (χ0n) is 15.5. The van der Waals surface area contributed by atoms with Gasteiger partial charge in [0.05, 0.1) is 4.83 Å². The van der Waals surface area contributed by atoms with E-state index in [-0.39, 0.29) is 27.7 Å². The second kappa shape index (κ2) is 5.94. The quantitative estimate of drug-likeness (QED) is 0.354. The minimum atomic E-state index is -0.163. The standard InChI is InChI=1S/C21H29BrO3/c1-12(23)25-14-6-8-20(2)13(10-14)4-5-15-16(20)7-9-21(3)17(15)11-18(22)19(21)24/h4,14-18H,5-11H2,1-3H3/t14-,15-,16-,17-,18+,20+,21-/m1/s1. The maximum atomic E-state index is 12.7. The highest BCUT2D eigenvalue weighted by molar-refractivity contribution is 9.10. The minimum Gasteiger partial charge on any atom is -0.462 e. The van der Waals surface area contributed by atoms with Crippen molar-refractivity contribution < 1.29 is 14.3 Å². The van der Waals surface area contributed by atoms with E-state index in [1.807, 2.05) is 0 Å². The summed E-state index contributed by atoms with van der Waals surface area (Å²) in [5, 5.41) is 0. The molecule has 4 heteroatoms. The molecule has 4 aliphatic rings. The summed E-state index contributed by atoms with van der Waals surface area (Å²) in [7, 11) is 0. The Balaban J connectivity index is 1.61. The van der Waals surface area contributed by atoms with Crippen LogP contribution in [0.3, 0.4) is 0 Å². The number of allylic oxidation sites excluding steroid dienone is 1. The Morgan fingerprint density at radius 2 is 1.92 bits per heavy atom. The molecule has 138 valence electrons. The minimum absolute atomic E-state index is 0.0548. The molecular formula is C21H29BrO3. The molecule has 0 amide bonds. The molecule has 25 heavy (non-hydrogen) atoms. The van der Waals surface area contributed by atoms with Gasteiger partial charge in [-0.2, -0.15) is 0 Å². The maximum absolute atomic E-state index is 12.7. The van der Waals surface area contributed by atoms with E-state index in [1.54, 1.807) is 0 Å². The topological polar surface area (TPSA) is 43.4 Å². The molecule has 0 bridgehead atoms. The summed E-state index contributed by atoms with van der Waals surface area (Å²) in [6.07, 6.45) is 9.77. The van der Waals surface area contributed by atoms with E-state index in [1.165, 1.54) is 12.5 Å². The first kappa shape index (κ1) is 17.8. The largest absolute Gasteiger partial charge is 0.462 e. The Kier molecular flexibility index (Phi) is 4.22. The second-order valence-electron chi connectivity index (χ2n) is 9.26. The number of alkyl halides is 1. The van der Waals surface area contributed by atoms with Crippen LogP contribution >= 0.6 is 15.9 Å². The van der Waals surface area contributed by atoms with Gasteiger partial charge < -0.3 is 4.74 Å². The van der Waals surface area contributed by atoms with E-state index in [9.17, 15) is 9.59 Å². The maximum Gasteiger partial charge on any atom is 0.302 e. The number of esters is 1. The predicted octanol–water partition coefficient (Wildman–Crippen LogP) is 4.82. The lowest BCUT2D eigenvalue weighted by Gasteiger charge is -2.56. The molecule has 0 N–H and O–H groups in total. The van der Waals surface area contributed by atoms with Gasteiger partial charge in [-0.05, 0) is 61.7 Å². The Bertz CT molecular complexity index is 641. The van der Waals surface area contributed by atoms with Gasteiger partial charge in [-0.25, -0.2) is 0 Å². The Labute approximate surface area is 159 Å². The number of carbonyl (C=O) groups is 2. The van der Waals surface area contributed by atoms with Crippen LogP contribution in [0, 0.1) is 28.6 Å². The number of rotatable bonds is 1. The van der Waals surface area contributed by atoms with Crippen molar-refractivity contribution in [3.8, 4) is 0 Å². The zero-order valence-corrected chi connectivity index (χ0v) is 17.1. The average molecular weight is 409 g/mol. The first-order chi connectivity index (χ1) is 11.8. The second-order valence-corrected chi connectivity index (χ2v) is 10.4.